The monoisotopic (exact) mass is 371 g/mol. The van der Waals surface area contributed by atoms with Crippen molar-refractivity contribution in [1.29, 1.82) is 5.26 Å². The lowest BCUT2D eigenvalue weighted by atomic mass is 10.1. The first-order chi connectivity index (χ1) is 13.5. The van der Waals surface area contributed by atoms with E-state index in [1.807, 2.05) is 55.5 Å². The zero-order valence-corrected chi connectivity index (χ0v) is 15.4. The summed E-state index contributed by atoms with van der Waals surface area (Å²) in [5.41, 5.74) is 3.98. The van der Waals surface area contributed by atoms with E-state index in [9.17, 15) is 14.9 Å². The van der Waals surface area contributed by atoms with Gasteiger partial charge in [-0.1, -0.05) is 48.5 Å². The Morgan fingerprint density at radius 1 is 1.14 bits per heavy atom. The van der Waals surface area contributed by atoms with Gasteiger partial charge < -0.3 is 0 Å². The largest absolute Gasteiger partial charge is 0.292 e. The van der Waals surface area contributed by atoms with Crippen LogP contribution in [0.3, 0.4) is 0 Å². The fourth-order valence-corrected chi connectivity index (χ4v) is 2.67. The number of benzene rings is 2. The molecule has 1 aromatic heterocycles. The maximum atomic E-state index is 12.7. The highest BCUT2D eigenvalue weighted by Gasteiger charge is 2.20. The van der Waals surface area contributed by atoms with E-state index in [4.69, 9.17) is 0 Å². The Morgan fingerprint density at radius 3 is 2.50 bits per heavy atom. The smallest absolute Gasteiger partial charge is 0.266 e. The summed E-state index contributed by atoms with van der Waals surface area (Å²) < 4.78 is 1.08. The molecule has 3 rings (SSSR count). The Bertz CT molecular complexity index is 1160. The molecule has 0 saturated heterocycles. The van der Waals surface area contributed by atoms with Crippen LogP contribution in [0.4, 0.5) is 0 Å². The van der Waals surface area contributed by atoms with Gasteiger partial charge in [0.05, 0.1) is 11.9 Å². The maximum Gasteiger partial charge on any atom is 0.292 e. The summed E-state index contributed by atoms with van der Waals surface area (Å²) in [5, 5.41) is 17.5. The van der Waals surface area contributed by atoms with Gasteiger partial charge in [-0.25, -0.2) is 5.43 Å². The highest BCUT2D eigenvalue weighted by Crippen LogP contribution is 2.13. The van der Waals surface area contributed by atoms with E-state index in [1.54, 1.807) is 12.1 Å². The number of nitrogens with zero attached hydrogens (tertiary/aromatic N) is 4. The van der Waals surface area contributed by atoms with E-state index in [0.717, 1.165) is 15.8 Å². The molecule has 0 aliphatic heterocycles. The van der Waals surface area contributed by atoms with Crippen LogP contribution < -0.4 is 11.0 Å². The van der Waals surface area contributed by atoms with E-state index in [1.165, 1.54) is 13.1 Å². The SMILES string of the molecule is Cc1ccccc1-n1nc(C(=O)N/N=C/c2ccccc2)c(C)c(C#N)c1=O. The fourth-order valence-electron chi connectivity index (χ4n) is 2.67. The molecule has 1 N–H and O–H groups in total. The van der Waals surface area contributed by atoms with Crippen molar-refractivity contribution in [3.05, 3.63) is 92.9 Å². The Balaban J connectivity index is 2.01. The lowest BCUT2D eigenvalue weighted by Crippen LogP contribution is -2.31. The molecular weight excluding hydrogens is 354 g/mol. The molecule has 1 amide bonds. The Hall–Kier alpha value is -4.05. The number of hydrogen-bond acceptors (Lipinski definition) is 5. The zero-order valence-electron chi connectivity index (χ0n) is 15.4. The van der Waals surface area contributed by atoms with Crippen LogP contribution in [0.2, 0.25) is 0 Å². The molecule has 28 heavy (non-hydrogen) atoms. The Kier molecular flexibility index (Phi) is 5.42. The molecule has 0 unspecified atom stereocenters. The van der Waals surface area contributed by atoms with Crippen LogP contribution in [-0.4, -0.2) is 21.9 Å². The average molecular weight is 371 g/mol. The van der Waals surface area contributed by atoms with Gasteiger partial charge in [0.2, 0.25) is 0 Å². The minimum atomic E-state index is -0.608. The van der Waals surface area contributed by atoms with Crippen LogP contribution in [-0.2, 0) is 0 Å². The number of aryl methyl sites for hydroxylation is 1. The first-order valence-corrected chi connectivity index (χ1v) is 8.51. The van der Waals surface area contributed by atoms with Gasteiger partial charge in [0.1, 0.15) is 11.6 Å². The summed E-state index contributed by atoms with van der Waals surface area (Å²) in [6.45, 7) is 3.34. The average Bonchev–Trinajstić information content (AvgIpc) is 2.70. The molecule has 7 nitrogen and oxygen atoms in total. The molecule has 7 heteroatoms. The second-order valence-corrected chi connectivity index (χ2v) is 6.07. The number of carbonyl (C=O) groups excluding carboxylic acids is 1. The van der Waals surface area contributed by atoms with Crippen molar-refractivity contribution in [3.8, 4) is 11.8 Å². The molecule has 0 aliphatic rings. The first-order valence-electron chi connectivity index (χ1n) is 8.51. The van der Waals surface area contributed by atoms with Gasteiger partial charge in [0.15, 0.2) is 5.69 Å². The number of amides is 1. The standard InChI is InChI=1S/C21H17N5O2/c1-14-8-6-7-11-18(14)26-21(28)17(12-22)15(2)19(25-26)20(27)24-23-13-16-9-4-3-5-10-16/h3-11,13H,1-2H3,(H,24,27)/b23-13+. The number of nitrogens with one attached hydrogen (secondary N) is 1. The number of aromatic nitrogens is 2. The van der Waals surface area contributed by atoms with Crippen molar-refractivity contribution >= 4 is 12.1 Å². The molecule has 0 spiro atoms. The van der Waals surface area contributed by atoms with E-state index in [0.29, 0.717) is 5.69 Å². The molecule has 0 radical (unpaired) electrons. The maximum absolute atomic E-state index is 12.7. The van der Waals surface area contributed by atoms with Gasteiger partial charge in [0.25, 0.3) is 11.5 Å². The van der Waals surface area contributed by atoms with Crippen LogP contribution in [0.25, 0.3) is 5.69 Å². The highest BCUT2D eigenvalue weighted by atomic mass is 16.2. The quantitative estimate of drug-likeness (QED) is 0.562. The molecule has 0 atom stereocenters. The third-order valence-electron chi connectivity index (χ3n) is 4.19. The molecule has 3 aromatic rings. The summed E-state index contributed by atoms with van der Waals surface area (Å²) in [5.74, 6) is -0.608. The minimum absolute atomic E-state index is 0.0374. The zero-order chi connectivity index (χ0) is 20.1. The third kappa shape index (κ3) is 3.71. The first kappa shape index (κ1) is 18.7. The van der Waals surface area contributed by atoms with Crippen molar-refractivity contribution in [2.75, 3.05) is 0 Å². The minimum Gasteiger partial charge on any atom is -0.266 e. The second-order valence-electron chi connectivity index (χ2n) is 6.07. The molecule has 0 bridgehead atoms. The summed E-state index contributed by atoms with van der Waals surface area (Å²) >= 11 is 0. The molecule has 0 aliphatic carbocycles. The number of para-hydroxylation sites is 1. The lowest BCUT2D eigenvalue weighted by molar-refractivity contribution is 0.0947. The van der Waals surface area contributed by atoms with Gasteiger partial charge in [0, 0.05) is 5.56 Å². The fraction of sp³-hybridized carbons (Fsp3) is 0.0952. The lowest BCUT2D eigenvalue weighted by Gasteiger charge is -2.12. The van der Waals surface area contributed by atoms with E-state index < -0.39 is 11.5 Å². The van der Waals surface area contributed by atoms with Crippen molar-refractivity contribution in [2.24, 2.45) is 5.10 Å². The summed E-state index contributed by atoms with van der Waals surface area (Å²) in [6, 6.07) is 18.2. The molecular formula is C21H17N5O2. The van der Waals surface area contributed by atoms with Crippen LogP contribution >= 0.6 is 0 Å². The number of hydrogen-bond donors (Lipinski definition) is 1. The van der Waals surface area contributed by atoms with Gasteiger partial charge >= 0.3 is 0 Å². The normalized spacial score (nSPS) is 10.6. The van der Waals surface area contributed by atoms with Crippen LogP contribution in [0.5, 0.6) is 0 Å². The summed E-state index contributed by atoms with van der Waals surface area (Å²) in [6.07, 6.45) is 1.50. The molecule has 138 valence electrons. The number of hydrazone groups is 1. The van der Waals surface area contributed by atoms with Crippen LogP contribution in [0.1, 0.15) is 32.7 Å². The topological polar surface area (TPSA) is 100 Å². The van der Waals surface area contributed by atoms with Gasteiger partial charge in [-0.2, -0.15) is 20.1 Å². The van der Waals surface area contributed by atoms with Crippen LogP contribution in [0, 0.1) is 25.2 Å². The highest BCUT2D eigenvalue weighted by molar-refractivity contribution is 5.94. The molecule has 1 heterocycles. The Labute approximate surface area is 161 Å². The van der Waals surface area contributed by atoms with Gasteiger partial charge in [-0.3, -0.25) is 9.59 Å². The number of nitriles is 1. The summed E-state index contributed by atoms with van der Waals surface area (Å²) in [4.78, 5) is 25.3. The van der Waals surface area contributed by atoms with E-state index >= 15 is 0 Å². The molecule has 0 fully saturated rings. The third-order valence-corrected chi connectivity index (χ3v) is 4.19. The number of carbonyl (C=O) groups is 1. The Morgan fingerprint density at radius 2 is 1.82 bits per heavy atom. The predicted molar refractivity (Wildman–Crippen MR) is 106 cm³/mol. The summed E-state index contributed by atoms with van der Waals surface area (Å²) in [7, 11) is 0. The van der Waals surface area contributed by atoms with Crippen molar-refractivity contribution in [1.82, 2.24) is 15.2 Å². The second kappa shape index (κ2) is 8.10. The van der Waals surface area contributed by atoms with Crippen molar-refractivity contribution in [2.45, 2.75) is 13.8 Å². The van der Waals surface area contributed by atoms with Crippen molar-refractivity contribution < 1.29 is 4.79 Å². The number of rotatable bonds is 4. The van der Waals surface area contributed by atoms with Gasteiger partial charge in [-0.15, -0.1) is 0 Å². The van der Waals surface area contributed by atoms with Crippen molar-refractivity contribution in [3.63, 3.8) is 0 Å². The van der Waals surface area contributed by atoms with E-state index in [-0.39, 0.29) is 16.8 Å². The van der Waals surface area contributed by atoms with Gasteiger partial charge in [-0.05, 0) is 31.0 Å². The van der Waals surface area contributed by atoms with Crippen LogP contribution in [0.15, 0.2) is 64.5 Å². The van der Waals surface area contributed by atoms with E-state index in [2.05, 4.69) is 15.6 Å². The predicted octanol–water partition coefficient (Wildman–Crippen LogP) is 2.48. The molecule has 0 saturated carbocycles. The molecule has 2 aromatic carbocycles.